The highest BCUT2D eigenvalue weighted by Crippen LogP contribution is 2.32. The molecule has 2 amide bonds. The predicted octanol–water partition coefficient (Wildman–Crippen LogP) is 4.94. The largest absolute Gasteiger partial charge is 0.573 e. The first-order valence-electron chi connectivity index (χ1n) is 11.1. The van der Waals surface area contributed by atoms with Gasteiger partial charge in [-0.3, -0.25) is 4.68 Å². The molecule has 7 nitrogen and oxygen atoms in total. The summed E-state index contributed by atoms with van der Waals surface area (Å²) in [6.07, 6.45) is -4.41. The first-order chi connectivity index (χ1) is 16.5. The standard InChI is InChI=1S/C25H26F3N5O2/c1-14-12-19-10-11-20(35-25(26,27)28)13-21(19)23(31-33(14)24(34)29-4)18-8-6-17(7-9-18)22-15(2)30-32(5)16(22)3/h6-11,13-14H,12H2,1-5H3,(H,29,34). The van der Waals surface area contributed by atoms with E-state index in [2.05, 4.69) is 20.3 Å². The maximum Gasteiger partial charge on any atom is 0.573 e. The number of benzene rings is 2. The predicted molar refractivity (Wildman–Crippen MR) is 126 cm³/mol. The summed E-state index contributed by atoms with van der Waals surface area (Å²) in [5.74, 6) is -0.344. The lowest BCUT2D eigenvalue weighted by atomic mass is 9.93. The molecule has 35 heavy (non-hydrogen) atoms. The average molecular weight is 486 g/mol. The van der Waals surface area contributed by atoms with E-state index in [9.17, 15) is 18.0 Å². The van der Waals surface area contributed by atoms with Crippen molar-refractivity contribution in [1.82, 2.24) is 20.1 Å². The molecule has 2 aromatic carbocycles. The number of rotatable bonds is 3. The Hall–Kier alpha value is -3.82. The molecule has 0 radical (unpaired) electrons. The Kier molecular flexibility index (Phi) is 6.31. The molecule has 0 bridgehead atoms. The van der Waals surface area contributed by atoms with Crippen LogP contribution in [0, 0.1) is 13.8 Å². The zero-order valence-electron chi connectivity index (χ0n) is 20.1. The SMILES string of the molecule is CNC(=O)N1N=C(c2ccc(-c3c(C)nn(C)c3C)cc2)c2cc(OC(F)(F)F)ccc2CC1C. The van der Waals surface area contributed by atoms with Crippen molar-refractivity contribution in [2.75, 3.05) is 7.05 Å². The number of aryl methyl sites for hydroxylation is 2. The van der Waals surface area contributed by atoms with Crippen LogP contribution in [0.25, 0.3) is 11.1 Å². The van der Waals surface area contributed by atoms with Gasteiger partial charge in [0.2, 0.25) is 0 Å². The third-order valence-corrected chi connectivity index (χ3v) is 6.09. The number of hydrogen-bond acceptors (Lipinski definition) is 4. The number of halogens is 3. The molecule has 10 heteroatoms. The minimum absolute atomic E-state index is 0.319. The molecule has 1 atom stereocenters. The molecule has 0 fully saturated rings. The van der Waals surface area contributed by atoms with Gasteiger partial charge < -0.3 is 10.1 Å². The highest BCUT2D eigenvalue weighted by atomic mass is 19.4. The monoisotopic (exact) mass is 485 g/mol. The maximum absolute atomic E-state index is 12.9. The first-order valence-corrected chi connectivity index (χ1v) is 11.1. The fraction of sp³-hybridized carbons (Fsp3) is 0.320. The van der Waals surface area contributed by atoms with E-state index < -0.39 is 12.4 Å². The normalized spacial score (nSPS) is 15.8. The fourth-order valence-electron chi connectivity index (χ4n) is 4.38. The first kappa shape index (κ1) is 24.3. The van der Waals surface area contributed by atoms with Crippen molar-refractivity contribution in [1.29, 1.82) is 0 Å². The highest BCUT2D eigenvalue weighted by Gasteiger charge is 2.32. The van der Waals surface area contributed by atoms with E-state index in [-0.39, 0.29) is 11.8 Å². The van der Waals surface area contributed by atoms with Crippen LogP contribution >= 0.6 is 0 Å². The van der Waals surface area contributed by atoms with Crippen LogP contribution in [0.1, 0.15) is 35.0 Å². The van der Waals surface area contributed by atoms with Crippen molar-refractivity contribution in [3.05, 3.63) is 70.5 Å². The number of alkyl halides is 3. The van der Waals surface area contributed by atoms with E-state index in [0.29, 0.717) is 23.3 Å². The second kappa shape index (κ2) is 9.09. The number of hydrazone groups is 1. The van der Waals surface area contributed by atoms with Crippen LogP contribution in [-0.2, 0) is 13.5 Å². The summed E-state index contributed by atoms with van der Waals surface area (Å²) < 4.78 is 44.7. The second-order valence-corrected chi connectivity index (χ2v) is 8.52. The summed E-state index contributed by atoms with van der Waals surface area (Å²) >= 11 is 0. The van der Waals surface area contributed by atoms with Crippen LogP contribution in [0.3, 0.4) is 0 Å². The fourth-order valence-corrected chi connectivity index (χ4v) is 4.38. The van der Waals surface area contributed by atoms with Crippen molar-refractivity contribution in [2.45, 2.75) is 39.6 Å². The van der Waals surface area contributed by atoms with Crippen molar-refractivity contribution < 1.29 is 22.7 Å². The van der Waals surface area contributed by atoms with E-state index in [1.807, 2.05) is 56.8 Å². The number of ether oxygens (including phenoxy) is 1. The Labute approximate surface area is 201 Å². The minimum atomic E-state index is -4.82. The average Bonchev–Trinajstić information content (AvgIpc) is 2.96. The van der Waals surface area contributed by atoms with Gasteiger partial charge >= 0.3 is 12.4 Å². The van der Waals surface area contributed by atoms with E-state index in [4.69, 9.17) is 0 Å². The van der Waals surface area contributed by atoms with Gasteiger partial charge in [0.25, 0.3) is 0 Å². The zero-order chi connectivity index (χ0) is 25.5. The molecule has 184 valence electrons. The lowest BCUT2D eigenvalue weighted by molar-refractivity contribution is -0.274. The van der Waals surface area contributed by atoms with Gasteiger partial charge in [0.15, 0.2) is 0 Å². The highest BCUT2D eigenvalue weighted by molar-refractivity contribution is 6.14. The van der Waals surface area contributed by atoms with Crippen LogP contribution in [0.4, 0.5) is 18.0 Å². The Bertz CT molecular complexity index is 1300. The van der Waals surface area contributed by atoms with Gasteiger partial charge in [-0.15, -0.1) is 13.2 Å². The summed E-state index contributed by atoms with van der Waals surface area (Å²) in [5.41, 5.74) is 6.16. The van der Waals surface area contributed by atoms with Crippen LogP contribution in [0.2, 0.25) is 0 Å². The summed E-state index contributed by atoms with van der Waals surface area (Å²) in [6, 6.07) is 11.0. The lowest BCUT2D eigenvalue weighted by Gasteiger charge is -2.22. The minimum Gasteiger partial charge on any atom is -0.406 e. The number of hydrogen-bond donors (Lipinski definition) is 1. The van der Waals surface area contributed by atoms with E-state index in [1.165, 1.54) is 24.2 Å². The quantitative estimate of drug-likeness (QED) is 0.571. The molecule has 0 aliphatic carbocycles. The Balaban J connectivity index is 1.84. The number of nitrogens with zero attached hydrogens (tertiary/aromatic N) is 4. The van der Waals surface area contributed by atoms with Gasteiger partial charge in [0.05, 0.1) is 17.4 Å². The number of fused-ring (bicyclic) bond motifs is 1. The molecule has 1 aromatic heterocycles. The van der Waals surface area contributed by atoms with Crippen LogP contribution in [0.5, 0.6) is 5.75 Å². The molecule has 0 saturated carbocycles. The van der Waals surface area contributed by atoms with E-state index in [1.54, 1.807) is 6.07 Å². The molecule has 3 aromatic rings. The van der Waals surface area contributed by atoms with Crippen molar-refractivity contribution >= 4 is 11.7 Å². The molecule has 2 heterocycles. The number of amides is 2. The molecule has 1 N–H and O–H groups in total. The van der Waals surface area contributed by atoms with Gasteiger partial charge in [-0.25, -0.2) is 9.80 Å². The van der Waals surface area contributed by atoms with Gasteiger partial charge in [0.1, 0.15) is 5.75 Å². The Morgan fingerprint density at radius 1 is 1.11 bits per heavy atom. The third kappa shape index (κ3) is 4.87. The molecule has 0 spiro atoms. The van der Waals surface area contributed by atoms with E-state index in [0.717, 1.165) is 28.1 Å². The van der Waals surface area contributed by atoms with E-state index >= 15 is 0 Å². The number of nitrogens with one attached hydrogen (secondary N) is 1. The van der Waals surface area contributed by atoms with Crippen LogP contribution in [0.15, 0.2) is 47.6 Å². The van der Waals surface area contributed by atoms with Crippen LogP contribution < -0.4 is 10.1 Å². The number of carbonyl (C=O) groups is 1. The molecular formula is C25H26F3N5O2. The molecule has 4 rings (SSSR count). The van der Waals surface area contributed by atoms with Gasteiger partial charge in [0, 0.05) is 36.5 Å². The maximum atomic E-state index is 12.9. The lowest BCUT2D eigenvalue weighted by Crippen LogP contribution is -2.41. The van der Waals surface area contributed by atoms with Crippen molar-refractivity contribution in [3.8, 4) is 16.9 Å². The van der Waals surface area contributed by atoms with Crippen molar-refractivity contribution in [2.24, 2.45) is 12.1 Å². The summed E-state index contributed by atoms with van der Waals surface area (Å²) in [6.45, 7) is 5.76. The number of carbonyl (C=O) groups excluding carboxylic acids is 1. The van der Waals surface area contributed by atoms with Gasteiger partial charge in [-0.1, -0.05) is 30.3 Å². The molecule has 1 aliphatic rings. The summed E-state index contributed by atoms with van der Waals surface area (Å²) in [7, 11) is 3.39. The molecular weight excluding hydrogens is 459 g/mol. The molecule has 0 saturated heterocycles. The van der Waals surface area contributed by atoms with Crippen molar-refractivity contribution in [3.63, 3.8) is 0 Å². The topological polar surface area (TPSA) is 71.8 Å². The van der Waals surface area contributed by atoms with Gasteiger partial charge in [-0.05, 0) is 50.5 Å². The Morgan fingerprint density at radius 3 is 2.34 bits per heavy atom. The summed E-state index contributed by atoms with van der Waals surface area (Å²) in [4.78, 5) is 12.6. The zero-order valence-corrected chi connectivity index (χ0v) is 20.1. The third-order valence-electron chi connectivity index (χ3n) is 6.09. The smallest absolute Gasteiger partial charge is 0.406 e. The van der Waals surface area contributed by atoms with Crippen LogP contribution in [-0.4, -0.2) is 46.0 Å². The second-order valence-electron chi connectivity index (χ2n) is 8.52. The summed E-state index contributed by atoms with van der Waals surface area (Å²) in [5, 5.41) is 13.0. The Morgan fingerprint density at radius 2 is 1.77 bits per heavy atom. The number of urea groups is 1. The number of aromatic nitrogens is 2. The van der Waals surface area contributed by atoms with Gasteiger partial charge in [-0.2, -0.15) is 10.2 Å². The molecule has 1 aliphatic heterocycles. The molecule has 1 unspecified atom stereocenters.